The maximum absolute atomic E-state index is 13.4. The Morgan fingerprint density at radius 3 is 2.65 bits per heavy atom. The van der Waals surface area contributed by atoms with Crippen LogP contribution in [0.1, 0.15) is 41.8 Å². The molecule has 1 aromatic carbocycles. The van der Waals surface area contributed by atoms with E-state index in [-0.39, 0.29) is 6.04 Å². The minimum absolute atomic E-state index is 0.280. The minimum Gasteiger partial charge on any atom is -0.330 e. The first-order valence-electron chi connectivity index (χ1n) is 10.4. The van der Waals surface area contributed by atoms with Gasteiger partial charge in [0.25, 0.3) is 0 Å². The fraction of sp³-hybridized carbons (Fsp3) is 0.391. The molecule has 2 atom stereocenters. The number of H-pyrrole nitrogens is 1. The van der Waals surface area contributed by atoms with Gasteiger partial charge in [-0.1, -0.05) is 24.3 Å². The van der Waals surface area contributed by atoms with E-state index in [0.29, 0.717) is 18.7 Å². The highest BCUT2D eigenvalue weighted by atomic mass is 19.4. The zero-order valence-corrected chi connectivity index (χ0v) is 17.4. The van der Waals surface area contributed by atoms with E-state index in [0.717, 1.165) is 40.7 Å². The summed E-state index contributed by atoms with van der Waals surface area (Å²) in [5.41, 5.74) is 11.1. The van der Waals surface area contributed by atoms with Crippen molar-refractivity contribution in [3.05, 3.63) is 71.3 Å². The SMILES string of the molecule is C[C@@H]1Cc2cc(-c3cn[nH]c3)ccc2[C@@H](c2ccc(CCCN)cn2)N1CC(F)(F)F. The molecule has 0 amide bonds. The third-order valence-corrected chi connectivity index (χ3v) is 5.84. The van der Waals surface area contributed by atoms with Gasteiger partial charge in [0.15, 0.2) is 0 Å². The zero-order valence-electron chi connectivity index (χ0n) is 17.4. The Morgan fingerprint density at radius 1 is 1.16 bits per heavy atom. The van der Waals surface area contributed by atoms with E-state index in [1.54, 1.807) is 12.4 Å². The molecule has 164 valence electrons. The van der Waals surface area contributed by atoms with Gasteiger partial charge < -0.3 is 5.73 Å². The topological polar surface area (TPSA) is 70.8 Å². The number of aryl methyl sites for hydroxylation is 1. The molecule has 31 heavy (non-hydrogen) atoms. The number of hydrogen-bond donors (Lipinski definition) is 2. The van der Waals surface area contributed by atoms with Gasteiger partial charge in [-0.25, -0.2) is 0 Å². The molecular weight excluding hydrogens is 403 g/mol. The van der Waals surface area contributed by atoms with Crippen LogP contribution in [0.4, 0.5) is 13.2 Å². The maximum Gasteiger partial charge on any atom is 0.401 e. The number of fused-ring (bicyclic) bond motifs is 1. The number of aromatic amines is 1. The molecule has 2 aromatic heterocycles. The normalized spacial score (nSPS) is 19.4. The van der Waals surface area contributed by atoms with Crippen LogP contribution in [0.5, 0.6) is 0 Å². The average Bonchev–Trinajstić information content (AvgIpc) is 3.27. The van der Waals surface area contributed by atoms with Gasteiger partial charge in [0.1, 0.15) is 0 Å². The second-order valence-electron chi connectivity index (χ2n) is 8.13. The standard InChI is InChI=1S/C23H26F3N5/c1-15-9-18-10-17(19-12-29-30-13-19)5-6-20(18)22(31(15)14-23(24,25)26)21-7-4-16(11-28-21)3-2-8-27/h4-7,10-13,15,22H,2-3,8-9,14,27H2,1H3,(H,29,30)/t15-,22+/m1/s1. The second kappa shape index (κ2) is 8.80. The Morgan fingerprint density at radius 2 is 2.00 bits per heavy atom. The lowest BCUT2D eigenvalue weighted by molar-refractivity contribution is -0.155. The summed E-state index contributed by atoms with van der Waals surface area (Å²) in [6.45, 7) is 1.47. The van der Waals surface area contributed by atoms with Gasteiger partial charge in [-0.2, -0.15) is 18.3 Å². The Labute approximate surface area is 179 Å². The third kappa shape index (κ3) is 4.80. The molecule has 3 N–H and O–H groups in total. The van der Waals surface area contributed by atoms with Gasteiger partial charge in [-0.15, -0.1) is 0 Å². The number of halogens is 3. The number of nitrogens with one attached hydrogen (secondary N) is 1. The van der Waals surface area contributed by atoms with E-state index in [1.165, 1.54) is 4.90 Å². The molecule has 3 heterocycles. The van der Waals surface area contributed by atoms with Crippen molar-refractivity contribution in [2.24, 2.45) is 5.73 Å². The summed E-state index contributed by atoms with van der Waals surface area (Å²) in [6.07, 6.45) is 3.22. The van der Waals surface area contributed by atoms with Gasteiger partial charge in [0.05, 0.1) is 24.5 Å². The van der Waals surface area contributed by atoms with E-state index in [1.807, 2.05) is 37.4 Å². The number of alkyl halides is 3. The summed E-state index contributed by atoms with van der Waals surface area (Å²) in [4.78, 5) is 6.09. The summed E-state index contributed by atoms with van der Waals surface area (Å²) in [5.74, 6) is 0. The molecule has 0 spiro atoms. The largest absolute Gasteiger partial charge is 0.401 e. The van der Waals surface area contributed by atoms with E-state index in [9.17, 15) is 13.2 Å². The van der Waals surface area contributed by atoms with Crippen LogP contribution in [-0.4, -0.2) is 45.4 Å². The molecule has 1 aliphatic heterocycles. The van der Waals surface area contributed by atoms with Crippen molar-refractivity contribution < 1.29 is 13.2 Å². The lowest BCUT2D eigenvalue weighted by Gasteiger charge is -2.42. The van der Waals surface area contributed by atoms with Gasteiger partial charge in [0.2, 0.25) is 0 Å². The Kier molecular flexibility index (Phi) is 6.11. The third-order valence-electron chi connectivity index (χ3n) is 5.84. The van der Waals surface area contributed by atoms with Crippen molar-refractivity contribution >= 4 is 0 Å². The molecule has 0 bridgehead atoms. The first kappa shape index (κ1) is 21.5. The average molecular weight is 429 g/mol. The first-order valence-corrected chi connectivity index (χ1v) is 10.4. The lowest BCUT2D eigenvalue weighted by Crippen LogP contribution is -2.47. The minimum atomic E-state index is -4.29. The fourth-order valence-electron chi connectivity index (χ4n) is 4.34. The summed E-state index contributed by atoms with van der Waals surface area (Å²) in [6, 6.07) is 8.90. The van der Waals surface area contributed by atoms with Gasteiger partial charge in [-0.05, 0) is 61.1 Å². The summed E-state index contributed by atoms with van der Waals surface area (Å²) >= 11 is 0. The number of benzene rings is 1. The molecule has 5 nitrogen and oxygen atoms in total. The molecule has 0 unspecified atom stereocenters. The highest BCUT2D eigenvalue weighted by Crippen LogP contribution is 2.40. The number of nitrogens with two attached hydrogens (primary N) is 1. The van der Waals surface area contributed by atoms with Crippen LogP contribution in [0, 0.1) is 0 Å². The molecule has 4 rings (SSSR count). The van der Waals surface area contributed by atoms with Crippen molar-refractivity contribution in [1.29, 1.82) is 0 Å². The van der Waals surface area contributed by atoms with Crippen LogP contribution in [0.3, 0.4) is 0 Å². The summed E-state index contributed by atoms with van der Waals surface area (Å²) < 4.78 is 40.3. The van der Waals surface area contributed by atoms with Gasteiger partial charge in [-0.3, -0.25) is 15.0 Å². The maximum atomic E-state index is 13.4. The predicted molar refractivity (Wildman–Crippen MR) is 113 cm³/mol. The van der Waals surface area contributed by atoms with Crippen molar-refractivity contribution in [2.75, 3.05) is 13.1 Å². The van der Waals surface area contributed by atoms with Crippen molar-refractivity contribution in [3.63, 3.8) is 0 Å². The number of hydrogen-bond acceptors (Lipinski definition) is 4. The van der Waals surface area contributed by atoms with E-state index in [2.05, 4.69) is 21.2 Å². The molecule has 0 fully saturated rings. The van der Waals surface area contributed by atoms with Crippen LogP contribution in [0.15, 0.2) is 48.9 Å². The van der Waals surface area contributed by atoms with E-state index >= 15 is 0 Å². The fourth-order valence-corrected chi connectivity index (χ4v) is 4.34. The molecule has 1 aliphatic rings. The molecule has 0 saturated carbocycles. The molecule has 3 aromatic rings. The van der Waals surface area contributed by atoms with Crippen LogP contribution >= 0.6 is 0 Å². The lowest BCUT2D eigenvalue weighted by atomic mass is 9.85. The van der Waals surface area contributed by atoms with Crippen molar-refractivity contribution in [2.45, 2.75) is 44.4 Å². The molecule has 0 saturated heterocycles. The highest BCUT2D eigenvalue weighted by molar-refractivity contribution is 5.64. The number of rotatable bonds is 6. The van der Waals surface area contributed by atoms with E-state index < -0.39 is 18.8 Å². The zero-order chi connectivity index (χ0) is 22.0. The number of pyridine rings is 1. The Balaban J connectivity index is 1.74. The predicted octanol–water partition coefficient (Wildman–Crippen LogP) is 4.26. The summed E-state index contributed by atoms with van der Waals surface area (Å²) in [5, 5.41) is 6.80. The van der Waals surface area contributed by atoms with Crippen molar-refractivity contribution in [3.8, 4) is 11.1 Å². The van der Waals surface area contributed by atoms with Crippen LogP contribution in [0.2, 0.25) is 0 Å². The molecular formula is C23H26F3N5. The van der Waals surface area contributed by atoms with Gasteiger partial charge >= 0.3 is 6.18 Å². The Hall–Kier alpha value is -2.71. The van der Waals surface area contributed by atoms with Crippen LogP contribution in [-0.2, 0) is 12.8 Å². The smallest absolute Gasteiger partial charge is 0.330 e. The quantitative estimate of drug-likeness (QED) is 0.614. The molecule has 8 heteroatoms. The monoisotopic (exact) mass is 429 g/mol. The van der Waals surface area contributed by atoms with Crippen molar-refractivity contribution in [1.82, 2.24) is 20.1 Å². The Bertz CT molecular complexity index is 999. The molecule has 0 radical (unpaired) electrons. The second-order valence-corrected chi connectivity index (χ2v) is 8.13. The van der Waals surface area contributed by atoms with E-state index in [4.69, 9.17) is 5.73 Å². The van der Waals surface area contributed by atoms with Gasteiger partial charge in [0, 0.05) is 24.0 Å². The van der Waals surface area contributed by atoms with Crippen LogP contribution in [0.25, 0.3) is 11.1 Å². The highest BCUT2D eigenvalue weighted by Gasteiger charge is 2.41. The number of aromatic nitrogens is 3. The van der Waals surface area contributed by atoms with Crippen LogP contribution < -0.4 is 5.73 Å². The number of nitrogens with zero attached hydrogens (tertiary/aromatic N) is 3. The molecule has 0 aliphatic carbocycles. The first-order chi connectivity index (χ1) is 14.9. The summed E-state index contributed by atoms with van der Waals surface area (Å²) in [7, 11) is 0.